The lowest BCUT2D eigenvalue weighted by Gasteiger charge is -2.11. The van der Waals surface area contributed by atoms with Gasteiger partial charge in [0.05, 0.1) is 0 Å². The minimum atomic E-state index is -0.971. The molecule has 15 heavy (non-hydrogen) atoms. The van der Waals surface area contributed by atoms with Crippen LogP contribution in [0.25, 0.3) is 0 Å². The molecule has 0 aliphatic heterocycles. The van der Waals surface area contributed by atoms with E-state index in [2.05, 4.69) is 4.74 Å². The van der Waals surface area contributed by atoms with Crippen molar-refractivity contribution in [2.24, 2.45) is 17.2 Å². The minimum absolute atomic E-state index is 0.0633. The van der Waals surface area contributed by atoms with Crippen molar-refractivity contribution in [1.29, 1.82) is 0 Å². The molecule has 0 radical (unpaired) electrons. The summed E-state index contributed by atoms with van der Waals surface area (Å²) in [5, 5.41) is 0. The first-order valence-electron chi connectivity index (χ1n) is 4.48. The standard InChI is InChI=1S/C8H17N3O3S/c1-15-3-2-5(10)7(12)14-8(13)6(11)4-9/h5-6H,2-4,9-11H2,1H3/t5-,6?/m0/s1. The average Bonchev–Trinajstić information content (AvgIpc) is 2.24. The second-order valence-electron chi connectivity index (χ2n) is 2.97. The maximum atomic E-state index is 11.2. The molecule has 0 heterocycles. The van der Waals surface area contributed by atoms with Gasteiger partial charge in [-0.05, 0) is 18.4 Å². The molecule has 1 unspecified atom stereocenters. The lowest BCUT2D eigenvalue weighted by atomic mass is 10.2. The predicted molar refractivity (Wildman–Crippen MR) is 59.1 cm³/mol. The van der Waals surface area contributed by atoms with E-state index in [1.165, 1.54) is 0 Å². The van der Waals surface area contributed by atoms with Crippen LogP contribution in [0.1, 0.15) is 6.42 Å². The smallest absolute Gasteiger partial charge is 0.331 e. The predicted octanol–water partition coefficient (Wildman–Crippen LogP) is -1.58. The Morgan fingerprint density at radius 2 is 1.80 bits per heavy atom. The molecular formula is C8H17N3O3S. The largest absolute Gasteiger partial charge is 0.391 e. The summed E-state index contributed by atoms with van der Waals surface area (Å²) >= 11 is 1.56. The third-order valence-corrected chi connectivity index (χ3v) is 2.34. The maximum absolute atomic E-state index is 11.2. The zero-order chi connectivity index (χ0) is 11.8. The fraction of sp³-hybridized carbons (Fsp3) is 0.750. The summed E-state index contributed by atoms with van der Waals surface area (Å²) in [5.74, 6) is -0.854. The van der Waals surface area contributed by atoms with E-state index < -0.39 is 24.0 Å². The maximum Gasteiger partial charge on any atom is 0.331 e. The zero-order valence-electron chi connectivity index (χ0n) is 8.64. The summed E-state index contributed by atoms with van der Waals surface area (Å²) in [5.41, 5.74) is 15.9. The van der Waals surface area contributed by atoms with Gasteiger partial charge in [0, 0.05) is 6.54 Å². The van der Waals surface area contributed by atoms with Crippen LogP contribution in [-0.2, 0) is 14.3 Å². The first-order chi connectivity index (χ1) is 7.02. The Hall–Kier alpha value is -0.630. The summed E-state index contributed by atoms with van der Waals surface area (Å²) in [6.45, 7) is -0.0633. The Balaban J connectivity index is 3.96. The van der Waals surface area contributed by atoms with Crippen LogP contribution in [0.2, 0.25) is 0 Å². The van der Waals surface area contributed by atoms with Gasteiger partial charge in [0.1, 0.15) is 12.1 Å². The van der Waals surface area contributed by atoms with E-state index in [0.717, 1.165) is 5.75 Å². The fourth-order valence-electron chi connectivity index (χ4n) is 0.709. The van der Waals surface area contributed by atoms with Gasteiger partial charge in [-0.1, -0.05) is 0 Å². The van der Waals surface area contributed by atoms with Crippen molar-refractivity contribution in [3.8, 4) is 0 Å². The molecular weight excluding hydrogens is 218 g/mol. The molecule has 6 N–H and O–H groups in total. The molecule has 0 aliphatic carbocycles. The SMILES string of the molecule is CSCC[C@H](N)C(=O)OC(=O)C(N)CN. The summed E-state index contributed by atoms with van der Waals surface area (Å²) in [6, 6.07) is -1.76. The first-order valence-corrected chi connectivity index (χ1v) is 5.88. The summed E-state index contributed by atoms with van der Waals surface area (Å²) in [7, 11) is 0. The quantitative estimate of drug-likeness (QED) is 0.375. The Kier molecular flexibility index (Phi) is 7.31. The van der Waals surface area contributed by atoms with Crippen LogP contribution in [0.15, 0.2) is 0 Å². The van der Waals surface area contributed by atoms with Crippen molar-refractivity contribution in [2.45, 2.75) is 18.5 Å². The number of nitrogens with two attached hydrogens (primary N) is 3. The van der Waals surface area contributed by atoms with E-state index in [9.17, 15) is 9.59 Å². The Bertz CT molecular complexity index is 225. The summed E-state index contributed by atoms with van der Waals surface area (Å²) in [6.07, 6.45) is 2.36. The highest BCUT2D eigenvalue weighted by Crippen LogP contribution is 2.00. The molecule has 0 amide bonds. The van der Waals surface area contributed by atoms with Crippen LogP contribution < -0.4 is 17.2 Å². The molecule has 0 spiro atoms. The van der Waals surface area contributed by atoms with Crippen LogP contribution in [0.5, 0.6) is 0 Å². The fourth-order valence-corrected chi connectivity index (χ4v) is 1.20. The number of rotatable bonds is 6. The van der Waals surface area contributed by atoms with Crippen LogP contribution in [0.4, 0.5) is 0 Å². The van der Waals surface area contributed by atoms with Gasteiger partial charge in [-0.2, -0.15) is 11.8 Å². The highest BCUT2D eigenvalue weighted by Gasteiger charge is 2.21. The zero-order valence-corrected chi connectivity index (χ0v) is 9.46. The van der Waals surface area contributed by atoms with Gasteiger partial charge in [0.25, 0.3) is 0 Å². The normalized spacial score (nSPS) is 14.4. The third kappa shape index (κ3) is 5.73. The number of carbonyl (C=O) groups excluding carboxylic acids is 2. The van der Waals surface area contributed by atoms with Crippen molar-refractivity contribution in [3.05, 3.63) is 0 Å². The molecule has 0 saturated heterocycles. The van der Waals surface area contributed by atoms with Gasteiger partial charge in [0.15, 0.2) is 0 Å². The van der Waals surface area contributed by atoms with Crippen LogP contribution >= 0.6 is 11.8 Å². The molecule has 88 valence electrons. The molecule has 7 heteroatoms. The first kappa shape index (κ1) is 14.4. The summed E-state index contributed by atoms with van der Waals surface area (Å²) < 4.78 is 4.44. The van der Waals surface area contributed by atoms with Gasteiger partial charge in [-0.3, -0.25) is 0 Å². The Labute approximate surface area is 92.9 Å². The van der Waals surface area contributed by atoms with Crippen molar-refractivity contribution < 1.29 is 14.3 Å². The Morgan fingerprint density at radius 3 is 2.27 bits per heavy atom. The highest BCUT2D eigenvalue weighted by molar-refractivity contribution is 7.98. The van der Waals surface area contributed by atoms with Gasteiger partial charge in [0.2, 0.25) is 0 Å². The molecule has 0 aromatic rings. The van der Waals surface area contributed by atoms with E-state index in [1.807, 2.05) is 6.26 Å². The Morgan fingerprint density at radius 1 is 1.27 bits per heavy atom. The number of carbonyl (C=O) groups is 2. The average molecular weight is 235 g/mol. The van der Waals surface area contributed by atoms with Gasteiger partial charge < -0.3 is 21.9 Å². The topological polar surface area (TPSA) is 121 Å². The van der Waals surface area contributed by atoms with E-state index in [1.54, 1.807) is 11.8 Å². The lowest BCUT2D eigenvalue weighted by molar-refractivity contribution is -0.161. The van der Waals surface area contributed by atoms with E-state index in [-0.39, 0.29) is 6.54 Å². The lowest BCUT2D eigenvalue weighted by Crippen LogP contribution is -2.43. The molecule has 0 bridgehead atoms. The van der Waals surface area contributed by atoms with Gasteiger partial charge in [-0.25, -0.2) is 9.59 Å². The molecule has 0 aromatic carbocycles. The van der Waals surface area contributed by atoms with Crippen LogP contribution in [-0.4, -0.2) is 42.6 Å². The second kappa shape index (κ2) is 7.63. The highest BCUT2D eigenvalue weighted by atomic mass is 32.2. The van der Waals surface area contributed by atoms with E-state index in [0.29, 0.717) is 6.42 Å². The van der Waals surface area contributed by atoms with Gasteiger partial charge in [-0.15, -0.1) is 0 Å². The molecule has 6 nitrogen and oxygen atoms in total. The van der Waals surface area contributed by atoms with Crippen LogP contribution in [0.3, 0.4) is 0 Å². The number of ether oxygens (including phenoxy) is 1. The third-order valence-electron chi connectivity index (χ3n) is 1.69. The molecule has 0 saturated carbocycles. The van der Waals surface area contributed by atoms with E-state index in [4.69, 9.17) is 17.2 Å². The number of thioether (sulfide) groups is 1. The molecule has 0 rings (SSSR count). The second-order valence-corrected chi connectivity index (χ2v) is 3.96. The van der Waals surface area contributed by atoms with Crippen molar-refractivity contribution in [2.75, 3.05) is 18.6 Å². The van der Waals surface area contributed by atoms with Crippen LogP contribution in [0, 0.1) is 0 Å². The number of hydrogen-bond donors (Lipinski definition) is 3. The molecule has 0 aliphatic rings. The molecule has 0 aromatic heterocycles. The number of esters is 2. The molecule has 2 atom stereocenters. The molecule has 0 fully saturated rings. The van der Waals surface area contributed by atoms with Crippen molar-refractivity contribution in [3.63, 3.8) is 0 Å². The van der Waals surface area contributed by atoms with Gasteiger partial charge >= 0.3 is 11.9 Å². The monoisotopic (exact) mass is 235 g/mol. The van der Waals surface area contributed by atoms with Crippen molar-refractivity contribution in [1.82, 2.24) is 0 Å². The van der Waals surface area contributed by atoms with E-state index >= 15 is 0 Å². The van der Waals surface area contributed by atoms with Crippen molar-refractivity contribution >= 4 is 23.7 Å². The number of hydrogen-bond acceptors (Lipinski definition) is 7. The minimum Gasteiger partial charge on any atom is -0.391 e. The summed E-state index contributed by atoms with van der Waals surface area (Å²) in [4.78, 5) is 22.3.